The topological polar surface area (TPSA) is 110 Å². The average molecular weight is 502 g/mol. The second-order valence-electron chi connectivity index (χ2n) is 8.38. The van der Waals surface area contributed by atoms with Gasteiger partial charge in [0.25, 0.3) is 11.5 Å². The Morgan fingerprint density at radius 3 is 2.76 bits per heavy atom. The lowest BCUT2D eigenvalue weighted by Crippen LogP contribution is -2.40. The molecule has 0 saturated carbocycles. The van der Waals surface area contributed by atoms with Crippen LogP contribution in [0.5, 0.6) is 0 Å². The molecule has 4 heterocycles. The van der Waals surface area contributed by atoms with Gasteiger partial charge in [0.2, 0.25) is 5.91 Å². The number of nitrogens with two attached hydrogens (primary N) is 1. The number of hydrogen-bond acceptors (Lipinski definition) is 8. The van der Waals surface area contributed by atoms with Crippen LogP contribution in [0.4, 0.5) is 5.82 Å². The van der Waals surface area contributed by atoms with Crippen LogP contribution in [0, 0.1) is 12.8 Å². The van der Waals surface area contributed by atoms with Gasteiger partial charge in [-0.15, -0.1) is 0 Å². The van der Waals surface area contributed by atoms with Crippen molar-refractivity contribution in [3.05, 3.63) is 44.7 Å². The molecule has 0 atom stereocenters. The van der Waals surface area contributed by atoms with Crippen molar-refractivity contribution >= 4 is 57.7 Å². The van der Waals surface area contributed by atoms with Crippen LogP contribution in [-0.4, -0.2) is 63.8 Å². The number of thioether (sulfide) groups is 1. The van der Waals surface area contributed by atoms with E-state index in [4.69, 9.17) is 27.7 Å². The zero-order valence-electron chi connectivity index (χ0n) is 19.2. The second-order valence-corrected chi connectivity index (χ2v) is 10.1. The van der Waals surface area contributed by atoms with Crippen LogP contribution in [0.15, 0.2) is 28.0 Å². The Balaban J connectivity index is 1.76. The molecule has 2 amide bonds. The van der Waals surface area contributed by atoms with Crippen molar-refractivity contribution in [2.24, 2.45) is 11.7 Å². The van der Waals surface area contributed by atoms with Crippen molar-refractivity contribution in [3.8, 4) is 0 Å². The first-order valence-corrected chi connectivity index (χ1v) is 12.3. The SMILES string of the molecule is COCCCN1C(=O)/C(=C/c2c(N3CCC(C(N)=O)CC3)nc3c(C)cccn3c2=O)SC1=S. The maximum Gasteiger partial charge on any atom is 0.267 e. The number of carbonyl (C=O) groups excluding carboxylic acids is 2. The number of nitrogens with zero attached hydrogens (tertiary/aromatic N) is 4. The quantitative estimate of drug-likeness (QED) is 0.348. The van der Waals surface area contributed by atoms with Gasteiger partial charge in [-0.25, -0.2) is 4.98 Å². The number of carbonyl (C=O) groups is 2. The van der Waals surface area contributed by atoms with Gasteiger partial charge >= 0.3 is 0 Å². The molecule has 11 heteroatoms. The number of amides is 2. The zero-order chi connectivity index (χ0) is 24.4. The first-order valence-electron chi connectivity index (χ1n) is 11.1. The van der Waals surface area contributed by atoms with Crippen molar-refractivity contribution < 1.29 is 14.3 Å². The van der Waals surface area contributed by atoms with Crippen LogP contribution < -0.4 is 16.2 Å². The Kier molecular flexibility index (Phi) is 7.34. The number of pyridine rings is 1. The van der Waals surface area contributed by atoms with Gasteiger partial charge in [0, 0.05) is 45.5 Å². The molecule has 0 spiro atoms. The van der Waals surface area contributed by atoms with E-state index in [2.05, 4.69) is 0 Å². The molecule has 2 N–H and O–H groups in total. The molecule has 4 rings (SSSR count). The molecule has 2 aromatic heterocycles. The number of anilines is 1. The molecule has 2 fully saturated rings. The Morgan fingerprint density at radius 1 is 1.35 bits per heavy atom. The van der Waals surface area contributed by atoms with E-state index in [1.54, 1.807) is 30.3 Å². The summed E-state index contributed by atoms with van der Waals surface area (Å²) in [5.41, 5.74) is 6.99. The fraction of sp³-hybridized carbons (Fsp3) is 0.435. The lowest BCUT2D eigenvalue weighted by molar-refractivity contribution is -0.123. The van der Waals surface area contributed by atoms with Gasteiger partial charge in [0.1, 0.15) is 15.8 Å². The van der Waals surface area contributed by atoms with E-state index in [1.807, 2.05) is 17.9 Å². The number of ether oxygens (including phenoxy) is 1. The molecule has 2 aliphatic rings. The minimum Gasteiger partial charge on any atom is -0.385 e. The number of piperidine rings is 1. The lowest BCUT2D eigenvalue weighted by atomic mass is 9.96. The highest BCUT2D eigenvalue weighted by Gasteiger charge is 2.33. The molecule has 0 radical (unpaired) electrons. The normalized spacial score (nSPS) is 18.5. The standard InChI is InChI=1S/C23H27N5O4S2/c1-14-5-3-8-27-19(14)25-20(26-10-6-15(7-11-26)18(24)29)16(21(27)30)13-17-22(31)28(23(33)34-17)9-4-12-32-2/h3,5,8,13,15H,4,6-7,9-12H2,1-2H3,(H2,24,29)/b17-13-. The molecule has 2 saturated heterocycles. The Bertz CT molecular complexity index is 1230. The summed E-state index contributed by atoms with van der Waals surface area (Å²) >= 11 is 6.60. The Labute approximate surface area is 206 Å². The van der Waals surface area contributed by atoms with E-state index in [1.165, 1.54) is 16.2 Å². The summed E-state index contributed by atoms with van der Waals surface area (Å²) in [4.78, 5) is 47.0. The smallest absolute Gasteiger partial charge is 0.267 e. The van der Waals surface area contributed by atoms with E-state index in [0.717, 1.165) is 5.56 Å². The fourth-order valence-corrected chi connectivity index (χ4v) is 5.52. The highest BCUT2D eigenvalue weighted by atomic mass is 32.2. The van der Waals surface area contributed by atoms with Crippen LogP contribution in [0.2, 0.25) is 0 Å². The fourth-order valence-electron chi connectivity index (χ4n) is 4.23. The van der Waals surface area contributed by atoms with Crippen molar-refractivity contribution in [2.45, 2.75) is 26.2 Å². The van der Waals surface area contributed by atoms with Gasteiger partial charge in [-0.2, -0.15) is 0 Å². The highest BCUT2D eigenvalue weighted by Crippen LogP contribution is 2.34. The minimum atomic E-state index is -0.306. The summed E-state index contributed by atoms with van der Waals surface area (Å²) in [5, 5.41) is 0. The van der Waals surface area contributed by atoms with Crippen molar-refractivity contribution in [1.29, 1.82) is 0 Å². The van der Waals surface area contributed by atoms with Crippen LogP contribution >= 0.6 is 24.0 Å². The summed E-state index contributed by atoms with van der Waals surface area (Å²) in [6.45, 7) is 3.96. The average Bonchev–Trinajstić information content (AvgIpc) is 3.08. The molecule has 0 aromatic carbocycles. The number of thiocarbonyl (C=S) groups is 1. The summed E-state index contributed by atoms with van der Waals surface area (Å²) in [6, 6.07) is 3.69. The largest absolute Gasteiger partial charge is 0.385 e. The van der Waals surface area contributed by atoms with Crippen molar-refractivity contribution in [3.63, 3.8) is 0 Å². The Morgan fingerprint density at radius 2 is 2.09 bits per heavy atom. The second kappa shape index (κ2) is 10.2. The van der Waals surface area contributed by atoms with E-state index >= 15 is 0 Å². The predicted molar refractivity (Wildman–Crippen MR) is 137 cm³/mol. The van der Waals surface area contributed by atoms with E-state index < -0.39 is 0 Å². The van der Waals surface area contributed by atoms with E-state index in [0.29, 0.717) is 71.8 Å². The first-order chi connectivity index (χ1) is 16.3. The van der Waals surface area contributed by atoms with E-state index in [9.17, 15) is 14.4 Å². The number of primary amides is 1. The molecule has 9 nitrogen and oxygen atoms in total. The van der Waals surface area contributed by atoms with Crippen molar-refractivity contribution in [2.75, 3.05) is 38.3 Å². The summed E-state index contributed by atoms with van der Waals surface area (Å²) < 4.78 is 7.04. The van der Waals surface area contributed by atoms with E-state index in [-0.39, 0.29) is 23.3 Å². The number of aromatic nitrogens is 2. The van der Waals surface area contributed by atoms with Gasteiger partial charge < -0.3 is 15.4 Å². The third-order valence-electron chi connectivity index (χ3n) is 6.14. The monoisotopic (exact) mass is 501 g/mol. The molecule has 2 aliphatic heterocycles. The van der Waals surface area contributed by atoms with Gasteiger partial charge in [-0.05, 0) is 43.9 Å². The molecule has 0 unspecified atom stereocenters. The lowest BCUT2D eigenvalue weighted by Gasteiger charge is -2.32. The van der Waals surface area contributed by atoms with Crippen LogP contribution in [0.1, 0.15) is 30.4 Å². The minimum absolute atomic E-state index is 0.189. The van der Waals surface area contributed by atoms with Crippen LogP contribution in [-0.2, 0) is 14.3 Å². The highest BCUT2D eigenvalue weighted by molar-refractivity contribution is 8.26. The van der Waals surface area contributed by atoms with Gasteiger partial charge in [-0.1, -0.05) is 30.0 Å². The summed E-state index contributed by atoms with van der Waals surface area (Å²) in [6.07, 6.45) is 5.12. The summed E-state index contributed by atoms with van der Waals surface area (Å²) in [7, 11) is 1.61. The maximum absolute atomic E-state index is 13.6. The molecule has 0 bridgehead atoms. The molecule has 0 aliphatic carbocycles. The molecule has 180 valence electrons. The maximum atomic E-state index is 13.6. The number of methoxy groups -OCH3 is 1. The van der Waals surface area contributed by atoms with Gasteiger partial charge in [0.15, 0.2) is 0 Å². The molecule has 34 heavy (non-hydrogen) atoms. The first kappa shape index (κ1) is 24.4. The van der Waals surface area contributed by atoms with Crippen molar-refractivity contribution in [1.82, 2.24) is 14.3 Å². The molecule has 2 aromatic rings. The predicted octanol–water partition coefficient (Wildman–Crippen LogP) is 1.94. The number of rotatable bonds is 7. The number of hydrogen-bond donors (Lipinski definition) is 1. The van der Waals surface area contributed by atoms with Gasteiger partial charge in [0.05, 0.1) is 10.5 Å². The third kappa shape index (κ3) is 4.73. The van der Waals surface area contributed by atoms with Crippen LogP contribution in [0.3, 0.4) is 0 Å². The molecular formula is C23H27N5O4S2. The summed E-state index contributed by atoms with van der Waals surface area (Å²) in [5.74, 6) is -0.212. The Hall–Kier alpha value is -2.76. The number of aryl methyl sites for hydroxylation is 1. The van der Waals surface area contributed by atoms with Crippen LogP contribution in [0.25, 0.3) is 11.7 Å². The number of fused-ring (bicyclic) bond motifs is 1. The van der Waals surface area contributed by atoms with Gasteiger partial charge in [-0.3, -0.25) is 23.7 Å². The molecular weight excluding hydrogens is 474 g/mol. The zero-order valence-corrected chi connectivity index (χ0v) is 20.8. The third-order valence-corrected chi connectivity index (χ3v) is 7.52.